The number of aliphatic carboxylic acids is 1. The molecule has 0 amide bonds. The summed E-state index contributed by atoms with van der Waals surface area (Å²) in [5, 5.41) is 13.4. The van der Waals surface area contributed by atoms with Crippen molar-refractivity contribution in [1.82, 2.24) is 0 Å². The molecular formula is C29H39NO6. The van der Waals surface area contributed by atoms with Gasteiger partial charge in [0.2, 0.25) is 0 Å². The Hall–Kier alpha value is -2.77. The average Bonchev–Trinajstić information content (AvgIpc) is 3.31. The topological polar surface area (TPSA) is 86.3 Å². The molecule has 1 heterocycles. The van der Waals surface area contributed by atoms with Gasteiger partial charge in [-0.05, 0) is 74.1 Å². The molecule has 1 aliphatic heterocycles. The van der Waals surface area contributed by atoms with Crippen LogP contribution in [0.25, 0.3) is 11.1 Å². The number of hydrogen-bond acceptors (Lipinski definition) is 6. The van der Waals surface area contributed by atoms with Crippen LogP contribution in [0.1, 0.15) is 62.1 Å². The lowest BCUT2D eigenvalue weighted by atomic mass is 9.89. The molecule has 7 heteroatoms. The molecule has 0 atom stereocenters. The van der Waals surface area contributed by atoms with Gasteiger partial charge in [0.15, 0.2) is 0 Å². The number of carbonyl (C=O) groups is 1. The summed E-state index contributed by atoms with van der Waals surface area (Å²) in [5.41, 5.74) is 4.60. The molecule has 2 aliphatic rings. The molecule has 0 aromatic heterocycles. The number of rotatable bonds is 9. The van der Waals surface area contributed by atoms with Crippen LogP contribution in [0, 0.1) is 13.8 Å². The second-order valence-electron chi connectivity index (χ2n) is 10.4. The maximum absolute atomic E-state index is 12.2. The van der Waals surface area contributed by atoms with E-state index in [1.165, 1.54) is 12.8 Å². The Labute approximate surface area is 214 Å². The summed E-state index contributed by atoms with van der Waals surface area (Å²) in [6, 6.07) is 8.08. The van der Waals surface area contributed by atoms with E-state index in [-0.39, 0.29) is 5.60 Å². The Morgan fingerprint density at radius 1 is 1.00 bits per heavy atom. The van der Waals surface area contributed by atoms with E-state index >= 15 is 0 Å². The van der Waals surface area contributed by atoms with Gasteiger partial charge in [0, 0.05) is 37.3 Å². The Bertz CT molecular complexity index is 1100. The van der Waals surface area contributed by atoms with Crippen molar-refractivity contribution in [2.75, 3.05) is 32.8 Å². The third-order valence-electron chi connectivity index (χ3n) is 7.93. The number of benzene rings is 2. The zero-order valence-electron chi connectivity index (χ0n) is 22.2. The first-order valence-electron chi connectivity index (χ1n) is 12.8. The third kappa shape index (κ3) is 5.18. The standard InChI is InChI=1S/C29H39NO6/c1-19-24(17-25(33-4)20(2)26(19)34-5)23-9-8-22(30-29(27(31)32)12-14-35-15-13-29)16-21(23)18-36-28(3)10-6-7-11-28/h8-9,16-17,30H,6-7,10-15,18H2,1-5H3,(H,31,32). The summed E-state index contributed by atoms with van der Waals surface area (Å²) in [4.78, 5) is 12.2. The van der Waals surface area contributed by atoms with Crippen LogP contribution in [0.15, 0.2) is 24.3 Å². The number of hydrogen-bond donors (Lipinski definition) is 2. The lowest BCUT2D eigenvalue weighted by Gasteiger charge is -2.35. The van der Waals surface area contributed by atoms with E-state index in [1.54, 1.807) is 14.2 Å². The van der Waals surface area contributed by atoms with E-state index in [2.05, 4.69) is 19.2 Å². The molecule has 2 aromatic rings. The molecule has 7 nitrogen and oxygen atoms in total. The van der Waals surface area contributed by atoms with Gasteiger partial charge in [0.05, 0.1) is 26.4 Å². The summed E-state index contributed by atoms with van der Waals surface area (Å²) in [6.07, 6.45) is 5.29. The lowest BCUT2D eigenvalue weighted by Crippen LogP contribution is -2.50. The predicted molar refractivity (Wildman–Crippen MR) is 140 cm³/mol. The van der Waals surface area contributed by atoms with Crippen molar-refractivity contribution in [3.05, 3.63) is 41.0 Å². The predicted octanol–water partition coefficient (Wildman–Crippen LogP) is 5.88. The fourth-order valence-corrected chi connectivity index (χ4v) is 5.62. The van der Waals surface area contributed by atoms with Crippen LogP contribution in [0.2, 0.25) is 0 Å². The van der Waals surface area contributed by atoms with E-state index in [0.29, 0.717) is 32.7 Å². The molecule has 1 saturated heterocycles. The smallest absolute Gasteiger partial charge is 0.329 e. The van der Waals surface area contributed by atoms with Gasteiger partial charge in [0.25, 0.3) is 0 Å². The van der Waals surface area contributed by atoms with E-state index in [9.17, 15) is 9.90 Å². The molecule has 2 aromatic carbocycles. The van der Waals surface area contributed by atoms with Crippen LogP contribution in [0.3, 0.4) is 0 Å². The number of nitrogens with one attached hydrogen (secondary N) is 1. The van der Waals surface area contributed by atoms with Crippen molar-refractivity contribution in [3.8, 4) is 22.6 Å². The van der Waals surface area contributed by atoms with Crippen molar-refractivity contribution in [2.45, 2.75) is 77.0 Å². The first kappa shape index (κ1) is 26.3. The van der Waals surface area contributed by atoms with Crippen molar-refractivity contribution >= 4 is 11.7 Å². The Balaban J connectivity index is 1.77. The number of methoxy groups -OCH3 is 2. The number of carboxylic acids is 1. The molecule has 36 heavy (non-hydrogen) atoms. The molecule has 0 unspecified atom stereocenters. The minimum Gasteiger partial charge on any atom is -0.496 e. The molecule has 0 radical (unpaired) electrons. The molecule has 1 aliphatic carbocycles. The van der Waals surface area contributed by atoms with Crippen molar-refractivity contribution in [2.24, 2.45) is 0 Å². The SMILES string of the molecule is COc1cc(-c2ccc(NC3(C(=O)O)CCOCC3)cc2COC2(C)CCCC2)c(C)c(OC)c1C. The van der Waals surface area contributed by atoms with Gasteiger partial charge in [-0.15, -0.1) is 0 Å². The highest BCUT2D eigenvalue weighted by Crippen LogP contribution is 2.42. The van der Waals surface area contributed by atoms with Crippen molar-refractivity contribution in [1.29, 1.82) is 0 Å². The van der Waals surface area contributed by atoms with Gasteiger partial charge in [0.1, 0.15) is 17.0 Å². The fourth-order valence-electron chi connectivity index (χ4n) is 5.62. The van der Waals surface area contributed by atoms with Crippen LogP contribution in [0.5, 0.6) is 11.5 Å². The molecular weight excluding hydrogens is 458 g/mol. The van der Waals surface area contributed by atoms with E-state index in [0.717, 1.165) is 57.8 Å². The Morgan fingerprint density at radius 3 is 2.31 bits per heavy atom. The van der Waals surface area contributed by atoms with Crippen molar-refractivity contribution in [3.63, 3.8) is 0 Å². The molecule has 0 spiro atoms. The van der Waals surface area contributed by atoms with Gasteiger partial charge in [-0.2, -0.15) is 0 Å². The van der Waals surface area contributed by atoms with Gasteiger partial charge >= 0.3 is 5.97 Å². The van der Waals surface area contributed by atoms with Gasteiger partial charge < -0.3 is 29.4 Å². The first-order valence-corrected chi connectivity index (χ1v) is 12.8. The zero-order valence-corrected chi connectivity index (χ0v) is 22.2. The quantitative estimate of drug-likeness (QED) is 0.447. The van der Waals surface area contributed by atoms with Gasteiger partial charge in [-0.25, -0.2) is 4.79 Å². The zero-order chi connectivity index (χ0) is 25.9. The number of ether oxygens (including phenoxy) is 4. The Morgan fingerprint density at radius 2 is 1.69 bits per heavy atom. The molecule has 0 bridgehead atoms. The molecule has 2 fully saturated rings. The maximum atomic E-state index is 12.2. The largest absolute Gasteiger partial charge is 0.496 e. The van der Waals surface area contributed by atoms with Crippen LogP contribution in [0.4, 0.5) is 5.69 Å². The second-order valence-corrected chi connectivity index (χ2v) is 10.4. The monoisotopic (exact) mass is 497 g/mol. The number of carboxylic acid groups (broad SMARTS) is 1. The van der Waals surface area contributed by atoms with Crippen LogP contribution in [-0.2, 0) is 20.9 Å². The van der Waals surface area contributed by atoms with Gasteiger partial charge in [-0.1, -0.05) is 18.9 Å². The number of anilines is 1. The molecule has 4 rings (SSSR count). The molecule has 1 saturated carbocycles. The minimum absolute atomic E-state index is 0.138. The normalized spacial score (nSPS) is 18.6. The first-order chi connectivity index (χ1) is 17.2. The van der Waals surface area contributed by atoms with Gasteiger partial charge in [-0.3, -0.25) is 0 Å². The van der Waals surface area contributed by atoms with Crippen LogP contribution >= 0.6 is 0 Å². The summed E-state index contributed by atoms with van der Waals surface area (Å²) in [5.74, 6) is 0.708. The maximum Gasteiger partial charge on any atom is 0.329 e. The minimum atomic E-state index is -1.04. The molecule has 2 N–H and O–H groups in total. The second kappa shape index (κ2) is 10.7. The van der Waals surface area contributed by atoms with E-state index in [1.807, 2.05) is 31.2 Å². The van der Waals surface area contributed by atoms with Crippen molar-refractivity contribution < 1.29 is 28.8 Å². The van der Waals surface area contributed by atoms with Crippen LogP contribution in [-0.4, -0.2) is 49.6 Å². The fraction of sp³-hybridized carbons (Fsp3) is 0.552. The van der Waals surface area contributed by atoms with E-state index in [4.69, 9.17) is 18.9 Å². The Kier molecular flexibility index (Phi) is 7.81. The summed E-state index contributed by atoms with van der Waals surface area (Å²) in [7, 11) is 3.34. The van der Waals surface area contributed by atoms with Crippen LogP contribution < -0.4 is 14.8 Å². The summed E-state index contributed by atoms with van der Waals surface area (Å²) in [6.45, 7) is 7.51. The third-order valence-corrected chi connectivity index (χ3v) is 7.93. The van der Waals surface area contributed by atoms with E-state index < -0.39 is 11.5 Å². The molecule has 196 valence electrons. The average molecular weight is 498 g/mol. The summed E-state index contributed by atoms with van der Waals surface area (Å²) >= 11 is 0. The lowest BCUT2D eigenvalue weighted by molar-refractivity contribution is -0.145. The highest BCUT2D eigenvalue weighted by Gasteiger charge is 2.40. The highest BCUT2D eigenvalue weighted by atomic mass is 16.5. The summed E-state index contributed by atoms with van der Waals surface area (Å²) < 4.78 is 23.4. The highest BCUT2D eigenvalue weighted by molar-refractivity contribution is 5.84.